The first kappa shape index (κ1) is 24.6. The summed E-state index contributed by atoms with van der Waals surface area (Å²) in [7, 11) is 1.54. The molecule has 0 saturated carbocycles. The zero-order chi connectivity index (χ0) is 25.9. The maximum atomic E-state index is 13.6. The molecule has 2 unspecified atom stereocenters. The van der Waals surface area contributed by atoms with Gasteiger partial charge in [-0.3, -0.25) is 9.59 Å². The SMILES string of the molecule is COc1cccc(NC(=O)CC2SC(N3N=C(c4ccc(F)cc4)CC3c3ccc(F)cc3)=NC2=O)c1. The van der Waals surface area contributed by atoms with E-state index in [0.29, 0.717) is 28.7 Å². The zero-order valence-corrected chi connectivity index (χ0v) is 20.5. The first-order valence-electron chi connectivity index (χ1n) is 11.5. The average Bonchev–Trinajstić information content (AvgIpc) is 3.49. The number of carbonyl (C=O) groups is 2. The topological polar surface area (TPSA) is 83.4 Å². The van der Waals surface area contributed by atoms with E-state index in [2.05, 4.69) is 10.3 Å². The summed E-state index contributed by atoms with van der Waals surface area (Å²) in [5, 5.41) is 8.76. The van der Waals surface area contributed by atoms with E-state index in [1.807, 2.05) is 0 Å². The molecule has 0 bridgehead atoms. The van der Waals surface area contributed by atoms with Gasteiger partial charge in [0.05, 0.1) is 18.9 Å². The average molecular weight is 521 g/mol. The number of benzene rings is 3. The van der Waals surface area contributed by atoms with Crippen molar-refractivity contribution in [3.05, 3.63) is 95.6 Å². The predicted octanol–water partition coefficient (Wildman–Crippen LogP) is 5.15. The Bertz CT molecular complexity index is 1390. The molecule has 0 aliphatic carbocycles. The molecule has 0 saturated heterocycles. The van der Waals surface area contributed by atoms with Crippen molar-refractivity contribution in [3.8, 4) is 5.75 Å². The molecular formula is C27H22F2N4O3S. The molecule has 2 heterocycles. The van der Waals surface area contributed by atoms with Gasteiger partial charge in [0.2, 0.25) is 5.91 Å². The molecule has 7 nitrogen and oxygen atoms in total. The van der Waals surface area contributed by atoms with Crippen LogP contribution in [0.5, 0.6) is 5.75 Å². The van der Waals surface area contributed by atoms with Gasteiger partial charge in [0.25, 0.3) is 5.91 Å². The third-order valence-electron chi connectivity index (χ3n) is 5.99. The van der Waals surface area contributed by atoms with Gasteiger partial charge in [-0.05, 0) is 47.5 Å². The lowest BCUT2D eigenvalue weighted by molar-refractivity contribution is -0.121. The van der Waals surface area contributed by atoms with Crippen LogP contribution in [0.1, 0.15) is 30.0 Å². The smallest absolute Gasteiger partial charge is 0.262 e. The minimum atomic E-state index is -0.709. The van der Waals surface area contributed by atoms with Crippen LogP contribution in [0, 0.1) is 11.6 Å². The molecular weight excluding hydrogens is 498 g/mol. The number of aliphatic imine (C=N–C) groups is 1. The molecule has 3 aromatic carbocycles. The lowest BCUT2D eigenvalue weighted by Gasteiger charge is -2.23. The van der Waals surface area contributed by atoms with Crippen LogP contribution in [0.4, 0.5) is 14.5 Å². The number of methoxy groups -OCH3 is 1. The molecule has 37 heavy (non-hydrogen) atoms. The molecule has 10 heteroatoms. The van der Waals surface area contributed by atoms with Gasteiger partial charge in [0.15, 0.2) is 5.17 Å². The second kappa shape index (κ2) is 10.5. The molecule has 188 valence electrons. The Labute approximate surface area is 216 Å². The Morgan fingerprint density at radius 3 is 2.49 bits per heavy atom. The van der Waals surface area contributed by atoms with E-state index in [1.54, 1.807) is 53.5 Å². The molecule has 1 N–H and O–H groups in total. The van der Waals surface area contributed by atoms with Gasteiger partial charge < -0.3 is 10.1 Å². The number of nitrogens with one attached hydrogen (secondary N) is 1. The number of rotatable bonds is 6. The number of anilines is 1. The predicted molar refractivity (Wildman–Crippen MR) is 139 cm³/mol. The summed E-state index contributed by atoms with van der Waals surface area (Å²) < 4.78 is 32.2. The number of halogens is 2. The fraction of sp³-hybridized carbons (Fsp3) is 0.185. The summed E-state index contributed by atoms with van der Waals surface area (Å²) in [4.78, 5) is 29.6. The van der Waals surface area contributed by atoms with Crippen LogP contribution >= 0.6 is 11.8 Å². The van der Waals surface area contributed by atoms with Crippen molar-refractivity contribution in [2.45, 2.75) is 24.1 Å². The Morgan fingerprint density at radius 1 is 1.08 bits per heavy atom. The van der Waals surface area contributed by atoms with Crippen LogP contribution in [0.2, 0.25) is 0 Å². The molecule has 0 radical (unpaired) electrons. The van der Waals surface area contributed by atoms with E-state index >= 15 is 0 Å². The second-order valence-electron chi connectivity index (χ2n) is 8.49. The van der Waals surface area contributed by atoms with Crippen molar-refractivity contribution in [1.29, 1.82) is 0 Å². The van der Waals surface area contributed by atoms with Crippen molar-refractivity contribution in [2.75, 3.05) is 12.4 Å². The fourth-order valence-electron chi connectivity index (χ4n) is 4.13. The minimum Gasteiger partial charge on any atom is -0.497 e. The van der Waals surface area contributed by atoms with Crippen LogP contribution in [-0.2, 0) is 9.59 Å². The number of amides is 2. The number of nitrogens with zero attached hydrogens (tertiary/aromatic N) is 3. The van der Waals surface area contributed by atoms with E-state index in [-0.39, 0.29) is 30.0 Å². The number of amidine groups is 1. The molecule has 2 atom stereocenters. The van der Waals surface area contributed by atoms with E-state index in [1.165, 1.54) is 31.4 Å². The highest BCUT2D eigenvalue weighted by Gasteiger charge is 2.39. The summed E-state index contributed by atoms with van der Waals surface area (Å²) in [6, 6.07) is 18.6. The molecule has 5 rings (SSSR count). The van der Waals surface area contributed by atoms with Crippen molar-refractivity contribution in [3.63, 3.8) is 0 Å². The fourth-order valence-corrected chi connectivity index (χ4v) is 5.20. The van der Waals surface area contributed by atoms with E-state index in [4.69, 9.17) is 9.84 Å². The normalized spacial score (nSPS) is 19.0. The zero-order valence-electron chi connectivity index (χ0n) is 19.7. The third kappa shape index (κ3) is 5.54. The molecule has 2 aliphatic rings. The van der Waals surface area contributed by atoms with Crippen LogP contribution in [0.15, 0.2) is 82.9 Å². The van der Waals surface area contributed by atoms with Crippen molar-refractivity contribution in [1.82, 2.24) is 5.01 Å². The van der Waals surface area contributed by atoms with Gasteiger partial charge in [-0.15, -0.1) is 0 Å². The maximum absolute atomic E-state index is 13.6. The van der Waals surface area contributed by atoms with Crippen LogP contribution in [0.25, 0.3) is 0 Å². The van der Waals surface area contributed by atoms with E-state index < -0.39 is 11.2 Å². The Morgan fingerprint density at radius 2 is 1.78 bits per heavy atom. The number of carbonyl (C=O) groups excluding carboxylic acids is 2. The van der Waals surface area contributed by atoms with E-state index in [9.17, 15) is 18.4 Å². The van der Waals surface area contributed by atoms with Gasteiger partial charge in [-0.25, -0.2) is 13.8 Å². The van der Waals surface area contributed by atoms with Crippen LogP contribution in [-0.4, -0.2) is 40.1 Å². The van der Waals surface area contributed by atoms with Gasteiger partial charge >= 0.3 is 0 Å². The molecule has 2 amide bonds. The Balaban J connectivity index is 1.34. The van der Waals surface area contributed by atoms with Crippen LogP contribution in [0.3, 0.4) is 0 Å². The lowest BCUT2D eigenvalue weighted by atomic mass is 9.98. The summed E-state index contributed by atoms with van der Waals surface area (Å²) in [5.74, 6) is -0.874. The second-order valence-corrected chi connectivity index (χ2v) is 9.66. The number of hydrazone groups is 1. The highest BCUT2D eigenvalue weighted by atomic mass is 32.2. The van der Waals surface area contributed by atoms with Gasteiger partial charge in [0, 0.05) is 24.6 Å². The van der Waals surface area contributed by atoms with Crippen LogP contribution < -0.4 is 10.1 Å². The summed E-state index contributed by atoms with van der Waals surface area (Å²) in [6.07, 6.45) is 0.378. The maximum Gasteiger partial charge on any atom is 0.262 e. The highest BCUT2D eigenvalue weighted by molar-refractivity contribution is 8.15. The summed E-state index contributed by atoms with van der Waals surface area (Å²) in [5.41, 5.74) is 2.77. The number of hydrogen-bond donors (Lipinski definition) is 1. The largest absolute Gasteiger partial charge is 0.497 e. The molecule has 0 spiro atoms. The molecule has 2 aliphatic heterocycles. The number of hydrogen-bond acceptors (Lipinski definition) is 6. The Hall–Kier alpha value is -4.05. The third-order valence-corrected chi connectivity index (χ3v) is 7.13. The molecule has 3 aromatic rings. The number of thioether (sulfide) groups is 1. The minimum absolute atomic E-state index is 0.0721. The quantitative estimate of drug-likeness (QED) is 0.486. The molecule has 0 aromatic heterocycles. The van der Waals surface area contributed by atoms with Crippen molar-refractivity contribution < 1.29 is 23.1 Å². The van der Waals surface area contributed by atoms with Crippen molar-refractivity contribution in [2.24, 2.45) is 10.1 Å². The van der Waals surface area contributed by atoms with E-state index in [0.717, 1.165) is 22.9 Å². The van der Waals surface area contributed by atoms with Gasteiger partial charge in [-0.2, -0.15) is 10.1 Å². The summed E-state index contributed by atoms with van der Waals surface area (Å²) in [6.45, 7) is 0. The first-order chi connectivity index (χ1) is 17.9. The Kier molecular flexibility index (Phi) is 7.00. The standard InChI is InChI=1S/C27H22F2N4O3S/c1-36-21-4-2-3-20(13-21)30-25(34)15-24-26(35)31-27(37-24)33-23(17-7-11-19(29)12-8-17)14-22(32-33)16-5-9-18(28)10-6-16/h2-13,23-24H,14-15H2,1H3,(H,30,34). The number of ether oxygens (including phenoxy) is 1. The highest BCUT2D eigenvalue weighted by Crippen LogP contribution is 2.38. The monoisotopic (exact) mass is 520 g/mol. The lowest BCUT2D eigenvalue weighted by Crippen LogP contribution is -2.25. The molecule has 0 fully saturated rings. The van der Waals surface area contributed by atoms with Gasteiger partial charge in [0.1, 0.15) is 22.6 Å². The summed E-state index contributed by atoms with van der Waals surface area (Å²) >= 11 is 1.16. The first-order valence-corrected chi connectivity index (χ1v) is 12.4. The van der Waals surface area contributed by atoms with Crippen molar-refractivity contribution >= 4 is 40.1 Å². The van der Waals surface area contributed by atoms with Gasteiger partial charge in [-0.1, -0.05) is 42.1 Å².